The highest BCUT2D eigenvalue weighted by atomic mass is 35.5. The number of fused-ring (bicyclic) bond motifs is 1. The highest BCUT2D eigenvalue weighted by Gasteiger charge is 2.35. The first-order valence-electron chi connectivity index (χ1n) is 9.63. The van der Waals surface area contributed by atoms with Crippen LogP contribution in [0.3, 0.4) is 0 Å². The molecule has 0 saturated carbocycles. The highest BCUT2D eigenvalue weighted by Crippen LogP contribution is 2.30. The van der Waals surface area contributed by atoms with Gasteiger partial charge in [-0.3, -0.25) is 14.5 Å². The third-order valence-corrected chi connectivity index (χ3v) is 4.65. The Hall–Kier alpha value is -2.79. The number of aromatic amines is 1. The standard InChI is InChI=1S/C23H26ClN3O2/c1-23(2,3)26-22(29)21(19-15-16-9-7-8-12-18(16)25-19)27(20(28)13-14-24)17-10-5-4-6-11-17/h4-12,15,21,25H,13-14H2,1-3H3,(H,26,29). The van der Waals surface area contributed by atoms with Crippen molar-refractivity contribution in [3.05, 3.63) is 66.4 Å². The number of rotatable bonds is 6. The zero-order chi connectivity index (χ0) is 21.0. The smallest absolute Gasteiger partial charge is 0.249 e. The second-order valence-corrected chi connectivity index (χ2v) is 8.37. The molecule has 1 unspecified atom stereocenters. The average Bonchev–Trinajstić information content (AvgIpc) is 3.08. The molecule has 1 aromatic heterocycles. The van der Waals surface area contributed by atoms with Crippen molar-refractivity contribution >= 4 is 40.0 Å². The van der Waals surface area contributed by atoms with Gasteiger partial charge in [-0.2, -0.15) is 0 Å². The summed E-state index contributed by atoms with van der Waals surface area (Å²) >= 11 is 5.87. The van der Waals surface area contributed by atoms with E-state index in [-0.39, 0.29) is 24.1 Å². The van der Waals surface area contributed by atoms with Crippen molar-refractivity contribution in [1.82, 2.24) is 10.3 Å². The molecule has 2 N–H and O–H groups in total. The van der Waals surface area contributed by atoms with Gasteiger partial charge in [-0.05, 0) is 50.4 Å². The number of carbonyl (C=O) groups is 2. The van der Waals surface area contributed by atoms with Gasteiger partial charge in [-0.15, -0.1) is 11.6 Å². The van der Waals surface area contributed by atoms with Crippen molar-refractivity contribution in [2.75, 3.05) is 10.8 Å². The van der Waals surface area contributed by atoms with Gasteiger partial charge in [-0.1, -0.05) is 36.4 Å². The van der Waals surface area contributed by atoms with E-state index in [9.17, 15) is 9.59 Å². The van der Waals surface area contributed by atoms with Crippen LogP contribution in [0, 0.1) is 0 Å². The normalized spacial score (nSPS) is 12.6. The van der Waals surface area contributed by atoms with E-state index in [4.69, 9.17) is 11.6 Å². The van der Waals surface area contributed by atoms with Gasteiger partial charge >= 0.3 is 0 Å². The molecule has 1 heterocycles. The van der Waals surface area contributed by atoms with E-state index in [0.717, 1.165) is 10.9 Å². The van der Waals surface area contributed by atoms with Gasteiger partial charge in [0, 0.05) is 34.7 Å². The van der Waals surface area contributed by atoms with Crippen molar-refractivity contribution in [3.63, 3.8) is 0 Å². The van der Waals surface area contributed by atoms with Crippen molar-refractivity contribution in [2.24, 2.45) is 0 Å². The maximum absolute atomic E-state index is 13.4. The Labute approximate surface area is 176 Å². The molecule has 0 fully saturated rings. The molecule has 3 aromatic rings. The van der Waals surface area contributed by atoms with E-state index in [0.29, 0.717) is 11.4 Å². The largest absolute Gasteiger partial charge is 0.356 e. The van der Waals surface area contributed by atoms with Crippen LogP contribution >= 0.6 is 11.6 Å². The summed E-state index contributed by atoms with van der Waals surface area (Å²) in [4.78, 5) is 31.4. The minimum absolute atomic E-state index is 0.135. The minimum Gasteiger partial charge on any atom is -0.356 e. The minimum atomic E-state index is -0.847. The molecule has 0 saturated heterocycles. The van der Waals surface area contributed by atoms with E-state index in [2.05, 4.69) is 10.3 Å². The van der Waals surface area contributed by atoms with Gasteiger partial charge in [0.05, 0.1) is 0 Å². The number of nitrogens with zero attached hydrogens (tertiary/aromatic N) is 1. The van der Waals surface area contributed by atoms with Crippen LogP contribution in [0.15, 0.2) is 60.7 Å². The molecular formula is C23H26ClN3O2. The first kappa shape index (κ1) is 20.9. The van der Waals surface area contributed by atoms with E-state index in [1.54, 1.807) is 0 Å². The average molecular weight is 412 g/mol. The summed E-state index contributed by atoms with van der Waals surface area (Å²) in [7, 11) is 0. The number of anilines is 1. The maximum Gasteiger partial charge on any atom is 0.249 e. The molecule has 0 aliphatic rings. The predicted molar refractivity (Wildman–Crippen MR) is 118 cm³/mol. The molecule has 29 heavy (non-hydrogen) atoms. The number of halogens is 1. The Morgan fingerprint density at radius 2 is 1.72 bits per heavy atom. The molecule has 2 amide bonds. The van der Waals surface area contributed by atoms with Gasteiger partial charge in [0.25, 0.3) is 0 Å². The van der Waals surface area contributed by atoms with Crippen LogP contribution in [-0.2, 0) is 9.59 Å². The summed E-state index contributed by atoms with van der Waals surface area (Å²) < 4.78 is 0. The van der Waals surface area contributed by atoms with Gasteiger partial charge in [0.1, 0.15) is 0 Å². The highest BCUT2D eigenvalue weighted by molar-refractivity contribution is 6.19. The van der Waals surface area contributed by atoms with Crippen molar-refractivity contribution in [2.45, 2.75) is 38.8 Å². The van der Waals surface area contributed by atoms with Crippen LogP contribution in [0.25, 0.3) is 10.9 Å². The number of hydrogen-bond donors (Lipinski definition) is 2. The zero-order valence-electron chi connectivity index (χ0n) is 16.9. The van der Waals surface area contributed by atoms with Crippen LogP contribution in [0.4, 0.5) is 5.69 Å². The lowest BCUT2D eigenvalue weighted by atomic mass is 10.0. The van der Waals surface area contributed by atoms with Gasteiger partial charge < -0.3 is 10.3 Å². The molecule has 0 spiro atoms. The first-order valence-corrected chi connectivity index (χ1v) is 10.2. The molecule has 152 valence electrons. The summed E-state index contributed by atoms with van der Waals surface area (Å²) in [6, 6.07) is 18.1. The fourth-order valence-corrected chi connectivity index (χ4v) is 3.47. The van der Waals surface area contributed by atoms with Crippen LogP contribution < -0.4 is 10.2 Å². The number of hydrogen-bond acceptors (Lipinski definition) is 2. The molecule has 5 nitrogen and oxygen atoms in total. The van der Waals surface area contributed by atoms with E-state index in [1.807, 2.05) is 81.4 Å². The molecular weight excluding hydrogens is 386 g/mol. The number of aromatic nitrogens is 1. The third kappa shape index (κ3) is 4.98. The third-order valence-electron chi connectivity index (χ3n) is 4.46. The Morgan fingerprint density at radius 3 is 2.34 bits per heavy atom. The summed E-state index contributed by atoms with van der Waals surface area (Å²) in [5.74, 6) is -0.280. The monoisotopic (exact) mass is 411 g/mol. The second kappa shape index (κ2) is 8.70. The second-order valence-electron chi connectivity index (χ2n) is 7.99. The number of amides is 2. The van der Waals surface area contributed by atoms with Crippen LogP contribution in [-0.4, -0.2) is 28.2 Å². The zero-order valence-corrected chi connectivity index (χ0v) is 17.7. The Balaban J connectivity index is 2.15. The number of alkyl halides is 1. The fourth-order valence-electron chi connectivity index (χ4n) is 3.31. The first-order chi connectivity index (χ1) is 13.8. The van der Waals surface area contributed by atoms with Crippen LogP contribution in [0.1, 0.15) is 38.9 Å². The molecule has 1 atom stereocenters. The Bertz CT molecular complexity index is 959. The molecule has 2 aromatic carbocycles. The molecule has 0 aliphatic heterocycles. The van der Waals surface area contributed by atoms with Crippen LogP contribution in [0.5, 0.6) is 0 Å². The van der Waals surface area contributed by atoms with Gasteiger partial charge in [-0.25, -0.2) is 0 Å². The summed E-state index contributed by atoms with van der Waals surface area (Å²) in [6.45, 7) is 5.75. The number of H-pyrrole nitrogens is 1. The van der Waals surface area contributed by atoms with Crippen molar-refractivity contribution < 1.29 is 9.59 Å². The van der Waals surface area contributed by atoms with Gasteiger partial charge in [0.2, 0.25) is 11.8 Å². The Kier molecular flexibility index (Phi) is 6.28. The lowest BCUT2D eigenvalue weighted by molar-refractivity contribution is -0.127. The van der Waals surface area contributed by atoms with E-state index in [1.165, 1.54) is 4.90 Å². The van der Waals surface area contributed by atoms with Gasteiger partial charge in [0.15, 0.2) is 6.04 Å². The summed E-state index contributed by atoms with van der Waals surface area (Å²) in [5.41, 5.74) is 1.77. The number of para-hydroxylation sites is 2. The topological polar surface area (TPSA) is 65.2 Å². The summed E-state index contributed by atoms with van der Waals surface area (Å²) in [5, 5.41) is 4.00. The quantitative estimate of drug-likeness (QED) is 0.573. The summed E-state index contributed by atoms with van der Waals surface area (Å²) in [6.07, 6.45) is 0.135. The molecule has 0 radical (unpaired) electrons. The van der Waals surface area contributed by atoms with Crippen molar-refractivity contribution in [1.29, 1.82) is 0 Å². The number of nitrogens with one attached hydrogen (secondary N) is 2. The predicted octanol–water partition coefficient (Wildman–Crippen LogP) is 4.79. The lowest BCUT2D eigenvalue weighted by Gasteiger charge is -2.33. The molecule has 0 bridgehead atoms. The maximum atomic E-state index is 13.4. The van der Waals surface area contributed by atoms with E-state index < -0.39 is 11.6 Å². The van der Waals surface area contributed by atoms with Crippen LogP contribution in [0.2, 0.25) is 0 Å². The Morgan fingerprint density at radius 1 is 1.07 bits per heavy atom. The SMILES string of the molecule is CC(C)(C)NC(=O)C(c1cc2ccccc2[nH]1)N(C(=O)CCCl)c1ccccc1. The lowest BCUT2D eigenvalue weighted by Crippen LogP contribution is -2.49. The number of benzene rings is 2. The number of carbonyl (C=O) groups excluding carboxylic acids is 2. The molecule has 3 rings (SSSR count). The molecule has 0 aliphatic carbocycles. The van der Waals surface area contributed by atoms with Crippen molar-refractivity contribution in [3.8, 4) is 0 Å². The van der Waals surface area contributed by atoms with E-state index >= 15 is 0 Å². The molecule has 6 heteroatoms. The fraction of sp³-hybridized carbons (Fsp3) is 0.304.